The van der Waals surface area contributed by atoms with Crippen molar-refractivity contribution in [2.24, 2.45) is 0 Å². The van der Waals surface area contributed by atoms with Gasteiger partial charge in [0.2, 0.25) is 0 Å². The second kappa shape index (κ2) is 4.06. The molecule has 80 valence electrons. The highest BCUT2D eigenvalue weighted by atomic mass is 35.5. The van der Waals surface area contributed by atoms with Gasteiger partial charge in [0.25, 0.3) is 0 Å². The normalized spacial score (nSPS) is 20.7. The van der Waals surface area contributed by atoms with E-state index in [1.165, 1.54) is 6.07 Å². The molecular weight excluding hydrogens is 221 g/mol. The molecule has 1 aromatic carbocycles. The predicted octanol–water partition coefficient (Wildman–Crippen LogP) is 2.65. The second-order valence-electron chi connectivity index (χ2n) is 3.26. The molecule has 1 N–H and O–H groups in total. The third kappa shape index (κ3) is 2.04. The topological polar surface area (TPSA) is 38.3 Å². The number of hydrogen-bond donors (Lipinski definition) is 1. The molecule has 0 unspecified atom stereocenters. The van der Waals surface area contributed by atoms with E-state index in [0.717, 1.165) is 0 Å². The van der Waals surface area contributed by atoms with Crippen molar-refractivity contribution >= 4 is 17.7 Å². The van der Waals surface area contributed by atoms with Crippen molar-refractivity contribution in [3.05, 3.63) is 34.6 Å². The molecule has 1 aliphatic rings. The van der Waals surface area contributed by atoms with Crippen LogP contribution in [0.3, 0.4) is 0 Å². The maximum absolute atomic E-state index is 13.2. The number of nitrogens with one attached hydrogen (secondary N) is 1. The summed E-state index contributed by atoms with van der Waals surface area (Å²) in [7, 11) is 0. The Morgan fingerprint density at radius 3 is 3.07 bits per heavy atom. The summed E-state index contributed by atoms with van der Waals surface area (Å²) in [6.45, 7) is 0.323. The van der Waals surface area contributed by atoms with Crippen LogP contribution in [-0.2, 0) is 4.74 Å². The first-order chi connectivity index (χ1) is 7.18. The van der Waals surface area contributed by atoms with E-state index in [1.54, 1.807) is 12.1 Å². The van der Waals surface area contributed by atoms with Gasteiger partial charge in [-0.05, 0) is 11.6 Å². The van der Waals surface area contributed by atoms with Gasteiger partial charge in [0, 0.05) is 6.42 Å². The SMILES string of the molecule is O=C1N[C@H](c2cccc(F)c2Cl)CCO1. The van der Waals surface area contributed by atoms with E-state index in [-0.39, 0.29) is 11.1 Å². The maximum atomic E-state index is 13.2. The Morgan fingerprint density at radius 2 is 2.33 bits per heavy atom. The van der Waals surface area contributed by atoms with E-state index >= 15 is 0 Å². The third-order valence-electron chi connectivity index (χ3n) is 2.29. The lowest BCUT2D eigenvalue weighted by atomic mass is 10.0. The molecule has 1 aliphatic heterocycles. The Labute approximate surface area is 91.2 Å². The van der Waals surface area contributed by atoms with E-state index in [2.05, 4.69) is 5.32 Å². The minimum absolute atomic E-state index is 0.0599. The van der Waals surface area contributed by atoms with Gasteiger partial charge in [-0.3, -0.25) is 0 Å². The molecule has 1 atom stereocenters. The molecule has 1 fully saturated rings. The summed E-state index contributed by atoms with van der Waals surface area (Å²) in [4.78, 5) is 11.0. The largest absolute Gasteiger partial charge is 0.449 e. The number of alkyl carbamates (subject to hydrolysis) is 1. The highest BCUT2D eigenvalue weighted by Gasteiger charge is 2.23. The number of benzene rings is 1. The quantitative estimate of drug-likeness (QED) is 0.804. The van der Waals surface area contributed by atoms with Crippen molar-refractivity contribution in [2.75, 3.05) is 6.61 Å². The Kier molecular flexibility index (Phi) is 2.77. The number of halogens is 2. The molecule has 1 saturated heterocycles. The highest BCUT2D eigenvalue weighted by Crippen LogP contribution is 2.28. The number of hydrogen-bond acceptors (Lipinski definition) is 2. The van der Waals surface area contributed by atoms with Gasteiger partial charge < -0.3 is 10.1 Å². The van der Waals surface area contributed by atoms with Crippen LogP contribution in [-0.4, -0.2) is 12.7 Å². The van der Waals surface area contributed by atoms with Crippen LogP contribution in [0.4, 0.5) is 9.18 Å². The van der Waals surface area contributed by atoms with Crippen molar-refractivity contribution in [3.8, 4) is 0 Å². The average Bonchev–Trinajstić information content (AvgIpc) is 2.22. The number of cyclic esters (lactones) is 1. The molecule has 0 aliphatic carbocycles. The molecular formula is C10H9ClFNO2. The van der Waals surface area contributed by atoms with Crippen molar-refractivity contribution in [2.45, 2.75) is 12.5 Å². The lowest BCUT2D eigenvalue weighted by molar-refractivity contribution is 0.115. The van der Waals surface area contributed by atoms with Gasteiger partial charge in [-0.1, -0.05) is 23.7 Å². The molecule has 3 nitrogen and oxygen atoms in total. The summed E-state index contributed by atoms with van der Waals surface area (Å²) in [5.41, 5.74) is 0.591. The zero-order valence-corrected chi connectivity index (χ0v) is 8.55. The van der Waals surface area contributed by atoms with Gasteiger partial charge in [-0.2, -0.15) is 0 Å². The minimum atomic E-state index is -0.494. The van der Waals surface area contributed by atoms with E-state index in [0.29, 0.717) is 18.6 Å². The fraction of sp³-hybridized carbons (Fsp3) is 0.300. The summed E-state index contributed by atoms with van der Waals surface area (Å²) in [5.74, 6) is -0.477. The lowest BCUT2D eigenvalue weighted by Crippen LogP contribution is -2.35. The van der Waals surface area contributed by atoms with Crippen LogP contribution in [0.1, 0.15) is 18.0 Å². The summed E-state index contributed by atoms with van der Waals surface area (Å²) >= 11 is 5.81. The van der Waals surface area contributed by atoms with E-state index in [1.807, 2.05) is 0 Å². The summed E-state index contributed by atoms with van der Waals surface area (Å²) in [6.07, 6.45) is 0.0983. The first-order valence-corrected chi connectivity index (χ1v) is 4.93. The molecule has 1 amide bonds. The summed E-state index contributed by atoms with van der Waals surface area (Å²) in [6, 6.07) is 4.28. The second-order valence-corrected chi connectivity index (χ2v) is 3.64. The monoisotopic (exact) mass is 229 g/mol. The van der Waals surface area contributed by atoms with Crippen LogP contribution in [0.5, 0.6) is 0 Å². The summed E-state index contributed by atoms with van der Waals surface area (Å²) < 4.78 is 17.9. The average molecular weight is 230 g/mol. The van der Waals surface area contributed by atoms with Crippen LogP contribution >= 0.6 is 11.6 Å². The Hall–Kier alpha value is -1.29. The summed E-state index contributed by atoms with van der Waals surface area (Å²) in [5, 5.41) is 2.65. The van der Waals surface area contributed by atoms with Crippen molar-refractivity contribution in [1.29, 1.82) is 0 Å². The molecule has 0 aromatic heterocycles. The molecule has 5 heteroatoms. The van der Waals surface area contributed by atoms with E-state index < -0.39 is 11.9 Å². The van der Waals surface area contributed by atoms with Gasteiger partial charge in [0.05, 0.1) is 17.7 Å². The molecule has 0 radical (unpaired) electrons. The fourth-order valence-corrected chi connectivity index (χ4v) is 1.81. The molecule has 0 saturated carbocycles. The van der Waals surface area contributed by atoms with Gasteiger partial charge in [0.1, 0.15) is 5.82 Å². The maximum Gasteiger partial charge on any atom is 0.407 e. The molecule has 1 heterocycles. The van der Waals surface area contributed by atoms with Crippen LogP contribution < -0.4 is 5.32 Å². The Balaban J connectivity index is 2.28. The van der Waals surface area contributed by atoms with Crippen molar-refractivity contribution < 1.29 is 13.9 Å². The van der Waals surface area contributed by atoms with Crippen LogP contribution in [0.25, 0.3) is 0 Å². The standard InChI is InChI=1S/C10H9ClFNO2/c11-9-6(2-1-3-7(9)12)8-4-5-15-10(14)13-8/h1-3,8H,4-5H2,(H,13,14)/t8-/m0/s1. The van der Waals surface area contributed by atoms with Crippen molar-refractivity contribution in [3.63, 3.8) is 0 Å². The van der Waals surface area contributed by atoms with E-state index in [4.69, 9.17) is 16.3 Å². The number of carbonyl (C=O) groups excluding carboxylic acids is 1. The molecule has 2 rings (SSSR count). The molecule has 0 bridgehead atoms. The van der Waals surface area contributed by atoms with Gasteiger partial charge in [-0.25, -0.2) is 9.18 Å². The Bertz CT molecular complexity index is 397. The van der Waals surface area contributed by atoms with Crippen LogP contribution in [0.2, 0.25) is 5.02 Å². The number of amides is 1. The Morgan fingerprint density at radius 1 is 1.53 bits per heavy atom. The predicted molar refractivity (Wildman–Crippen MR) is 53.3 cm³/mol. The highest BCUT2D eigenvalue weighted by molar-refractivity contribution is 6.31. The van der Waals surface area contributed by atoms with Crippen molar-refractivity contribution in [1.82, 2.24) is 5.32 Å². The lowest BCUT2D eigenvalue weighted by Gasteiger charge is -2.24. The zero-order valence-electron chi connectivity index (χ0n) is 7.80. The van der Waals surface area contributed by atoms with Gasteiger partial charge >= 0.3 is 6.09 Å². The first kappa shape index (κ1) is 10.2. The molecule has 1 aromatic rings. The van der Waals surface area contributed by atoms with Gasteiger partial charge in [0.15, 0.2) is 0 Å². The van der Waals surface area contributed by atoms with Crippen LogP contribution in [0, 0.1) is 5.82 Å². The zero-order chi connectivity index (χ0) is 10.8. The number of ether oxygens (including phenoxy) is 1. The third-order valence-corrected chi connectivity index (χ3v) is 2.69. The number of carbonyl (C=O) groups is 1. The van der Waals surface area contributed by atoms with Crippen LogP contribution in [0.15, 0.2) is 18.2 Å². The van der Waals surface area contributed by atoms with E-state index in [9.17, 15) is 9.18 Å². The molecule has 0 spiro atoms. The first-order valence-electron chi connectivity index (χ1n) is 4.55. The smallest absolute Gasteiger partial charge is 0.407 e. The minimum Gasteiger partial charge on any atom is -0.449 e. The molecule has 15 heavy (non-hydrogen) atoms. The van der Waals surface area contributed by atoms with Gasteiger partial charge in [-0.15, -0.1) is 0 Å². The fourth-order valence-electron chi connectivity index (χ4n) is 1.55. The number of rotatable bonds is 1.